The first-order valence-corrected chi connectivity index (χ1v) is 5.51. The van der Waals surface area contributed by atoms with Gasteiger partial charge >= 0.3 is 0 Å². The molecule has 0 radical (unpaired) electrons. The van der Waals surface area contributed by atoms with Gasteiger partial charge in [0.1, 0.15) is 0 Å². The van der Waals surface area contributed by atoms with E-state index in [2.05, 4.69) is 16.4 Å². The first-order chi connectivity index (χ1) is 8.27. The Morgan fingerprint density at radius 1 is 1.35 bits per heavy atom. The monoisotopic (exact) mass is 226 g/mol. The van der Waals surface area contributed by atoms with Gasteiger partial charge < -0.3 is 5.32 Å². The molecule has 1 amide bonds. The summed E-state index contributed by atoms with van der Waals surface area (Å²) in [6.45, 7) is 2.05. The van der Waals surface area contributed by atoms with Crippen LogP contribution in [0.5, 0.6) is 0 Å². The lowest BCUT2D eigenvalue weighted by Crippen LogP contribution is -2.19. The molecule has 0 saturated carbocycles. The van der Waals surface area contributed by atoms with Crippen molar-refractivity contribution in [3.8, 4) is 0 Å². The van der Waals surface area contributed by atoms with Gasteiger partial charge in [0.15, 0.2) is 0 Å². The molecule has 0 bridgehead atoms. The Morgan fingerprint density at radius 2 is 2.18 bits per heavy atom. The van der Waals surface area contributed by atoms with Crippen LogP contribution in [0.2, 0.25) is 0 Å². The Morgan fingerprint density at radius 3 is 3.00 bits per heavy atom. The van der Waals surface area contributed by atoms with Crippen LogP contribution in [0.1, 0.15) is 12.5 Å². The number of hydrogen-bond donors (Lipinski definition) is 1. The summed E-state index contributed by atoms with van der Waals surface area (Å²) in [4.78, 5) is 14.9. The number of rotatable bonds is 3. The lowest BCUT2D eigenvalue weighted by molar-refractivity contribution is -0.118. The van der Waals surface area contributed by atoms with Crippen LogP contribution >= 0.6 is 0 Å². The van der Waals surface area contributed by atoms with E-state index in [-0.39, 0.29) is 5.91 Å². The van der Waals surface area contributed by atoms with Crippen LogP contribution in [0.15, 0.2) is 42.7 Å². The van der Waals surface area contributed by atoms with Crippen molar-refractivity contribution in [1.82, 2.24) is 10.3 Å². The molecule has 0 fully saturated rings. The van der Waals surface area contributed by atoms with Gasteiger partial charge in [0.2, 0.25) is 5.91 Å². The Bertz CT molecular complexity index is 556. The van der Waals surface area contributed by atoms with Crippen LogP contribution < -0.4 is 5.32 Å². The lowest BCUT2D eigenvalue weighted by Gasteiger charge is -2.01. The number of hydrogen-bond acceptors (Lipinski definition) is 2. The normalized spacial score (nSPS) is 10.9. The molecule has 1 heterocycles. The van der Waals surface area contributed by atoms with E-state index in [0.717, 1.165) is 10.9 Å². The average Bonchev–Trinajstić information content (AvgIpc) is 2.34. The van der Waals surface area contributed by atoms with Crippen molar-refractivity contribution in [2.75, 3.05) is 6.54 Å². The highest BCUT2D eigenvalue weighted by Crippen LogP contribution is 2.17. The van der Waals surface area contributed by atoms with Crippen LogP contribution in [0, 0.1) is 0 Å². The summed E-state index contributed by atoms with van der Waals surface area (Å²) in [6.07, 6.45) is 7.57. The van der Waals surface area contributed by atoms with Gasteiger partial charge in [0.25, 0.3) is 0 Å². The van der Waals surface area contributed by atoms with E-state index in [0.29, 0.717) is 6.54 Å². The van der Waals surface area contributed by atoms with Crippen LogP contribution in [0.4, 0.5) is 0 Å². The van der Waals surface area contributed by atoms with E-state index in [1.54, 1.807) is 0 Å². The maximum atomic E-state index is 10.7. The summed E-state index contributed by atoms with van der Waals surface area (Å²) < 4.78 is 0. The second-order valence-electron chi connectivity index (χ2n) is 3.79. The second-order valence-corrected chi connectivity index (χ2v) is 3.79. The molecule has 0 aliphatic rings. The summed E-state index contributed by atoms with van der Waals surface area (Å²) in [6, 6.07) is 8.10. The Labute approximate surface area is 100 Å². The van der Waals surface area contributed by atoms with Gasteiger partial charge in [0, 0.05) is 36.8 Å². The lowest BCUT2D eigenvalue weighted by atomic mass is 10.1. The molecule has 0 aliphatic heterocycles. The number of benzene rings is 1. The third-order valence-electron chi connectivity index (χ3n) is 2.47. The Kier molecular flexibility index (Phi) is 3.50. The molecule has 3 nitrogen and oxygen atoms in total. The van der Waals surface area contributed by atoms with Gasteiger partial charge in [-0.05, 0) is 5.39 Å². The standard InChI is InChI=1S/C14H14N2O/c1-11(17)16-8-4-6-13-10-15-9-12-5-2-3-7-14(12)13/h2-7,9-10H,8H2,1H3,(H,16,17). The summed E-state index contributed by atoms with van der Waals surface area (Å²) in [5.74, 6) is -0.0225. The SMILES string of the molecule is CC(=O)NCC=Cc1cncc2ccccc12. The minimum atomic E-state index is -0.0225. The van der Waals surface area contributed by atoms with Gasteiger partial charge in [-0.2, -0.15) is 0 Å². The van der Waals surface area contributed by atoms with Gasteiger partial charge in [0.05, 0.1) is 0 Å². The molecule has 86 valence electrons. The number of carbonyl (C=O) groups is 1. The molecule has 1 aromatic heterocycles. The minimum Gasteiger partial charge on any atom is -0.353 e. The van der Waals surface area contributed by atoms with E-state index in [1.165, 1.54) is 12.3 Å². The fourth-order valence-electron chi connectivity index (χ4n) is 1.66. The zero-order valence-corrected chi connectivity index (χ0v) is 9.68. The molecule has 17 heavy (non-hydrogen) atoms. The van der Waals surface area contributed by atoms with E-state index >= 15 is 0 Å². The number of pyridine rings is 1. The van der Waals surface area contributed by atoms with Crippen LogP contribution in [-0.2, 0) is 4.79 Å². The molecule has 0 saturated heterocycles. The number of carbonyl (C=O) groups excluding carboxylic acids is 1. The Balaban J connectivity index is 2.21. The zero-order chi connectivity index (χ0) is 12.1. The largest absolute Gasteiger partial charge is 0.353 e. The van der Waals surface area contributed by atoms with Crippen molar-refractivity contribution in [2.45, 2.75) is 6.92 Å². The summed E-state index contributed by atoms with van der Waals surface area (Å²) >= 11 is 0. The molecule has 1 aromatic carbocycles. The molecule has 3 heteroatoms. The van der Waals surface area contributed by atoms with Crippen LogP contribution in [0.25, 0.3) is 16.8 Å². The molecule has 1 N–H and O–H groups in total. The van der Waals surface area contributed by atoms with E-state index in [4.69, 9.17) is 0 Å². The van der Waals surface area contributed by atoms with Gasteiger partial charge in [-0.25, -0.2) is 0 Å². The van der Waals surface area contributed by atoms with Crippen molar-refractivity contribution in [2.24, 2.45) is 0 Å². The number of nitrogens with zero attached hydrogens (tertiary/aromatic N) is 1. The van der Waals surface area contributed by atoms with Gasteiger partial charge in [-0.15, -0.1) is 0 Å². The molecule has 2 aromatic rings. The third-order valence-corrected chi connectivity index (χ3v) is 2.47. The highest BCUT2D eigenvalue weighted by atomic mass is 16.1. The molecule has 0 spiro atoms. The molecule has 2 rings (SSSR count). The van der Waals surface area contributed by atoms with E-state index < -0.39 is 0 Å². The van der Waals surface area contributed by atoms with Crippen molar-refractivity contribution >= 4 is 22.8 Å². The number of nitrogens with one attached hydrogen (secondary N) is 1. The third kappa shape index (κ3) is 2.91. The summed E-state index contributed by atoms with van der Waals surface area (Å²) in [5.41, 5.74) is 1.06. The first kappa shape index (κ1) is 11.3. The highest BCUT2D eigenvalue weighted by Gasteiger charge is 1.96. The maximum Gasteiger partial charge on any atom is 0.217 e. The van der Waals surface area contributed by atoms with Crippen molar-refractivity contribution in [3.63, 3.8) is 0 Å². The molecule has 0 atom stereocenters. The van der Waals surface area contributed by atoms with Crippen LogP contribution in [0.3, 0.4) is 0 Å². The topological polar surface area (TPSA) is 42.0 Å². The van der Waals surface area contributed by atoms with Crippen molar-refractivity contribution in [3.05, 3.63) is 48.3 Å². The van der Waals surface area contributed by atoms with E-state index in [1.807, 2.05) is 42.7 Å². The van der Waals surface area contributed by atoms with Crippen molar-refractivity contribution < 1.29 is 4.79 Å². The number of amides is 1. The van der Waals surface area contributed by atoms with Crippen LogP contribution in [-0.4, -0.2) is 17.4 Å². The number of aromatic nitrogens is 1. The fourth-order valence-corrected chi connectivity index (χ4v) is 1.66. The van der Waals surface area contributed by atoms with Crippen molar-refractivity contribution in [1.29, 1.82) is 0 Å². The van der Waals surface area contributed by atoms with E-state index in [9.17, 15) is 4.79 Å². The molecule has 0 aliphatic carbocycles. The molecule has 0 unspecified atom stereocenters. The molecular weight excluding hydrogens is 212 g/mol. The predicted octanol–water partition coefficient (Wildman–Crippen LogP) is 2.38. The predicted molar refractivity (Wildman–Crippen MR) is 69.5 cm³/mol. The fraction of sp³-hybridized carbons (Fsp3) is 0.143. The summed E-state index contributed by atoms with van der Waals surface area (Å²) in [7, 11) is 0. The zero-order valence-electron chi connectivity index (χ0n) is 9.68. The Hall–Kier alpha value is -2.16. The molecular formula is C14H14N2O. The minimum absolute atomic E-state index is 0.0225. The maximum absolute atomic E-state index is 10.7. The smallest absolute Gasteiger partial charge is 0.217 e. The first-order valence-electron chi connectivity index (χ1n) is 5.51. The quantitative estimate of drug-likeness (QED) is 0.873. The van der Waals surface area contributed by atoms with Gasteiger partial charge in [-0.3, -0.25) is 9.78 Å². The summed E-state index contributed by atoms with van der Waals surface area (Å²) in [5, 5.41) is 5.01. The second kappa shape index (κ2) is 5.25. The average molecular weight is 226 g/mol. The highest BCUT2D eigenvalue weighted by molar-refractivity contribution is 5.89. The number of fused-ring (bicyclic) bond motifs is 1. The van der Waals surface area contributed by atoms with Gasteiger partial charge in [-0.1, -0.05) is 36.4 Å².